The molecular formula is C23H28N2O3. The second-order valence-electron chi connectivity index (χ2n) is 8.60. The second-order valence-corrected chi connectivity index (χ2v) is 8.60. The normalized spacial score (nSPS) is 24.6. The molecule has 1 aromatic carbocycles. The monoisotopic (exact) mass is 380 g/mol. The molecule has 5 heteroatoms. The van der Waals surface area contributed by atoms with Crippen LogP contribution >= 0.6 is 0 Å². The minimum Gasteiger partial charge on any atom is -0.378 e. The number of amides is 1. The number of likely N-dealkylation sites (tertiary alicyclic amines) is 1. The number of aromatic nitrogens is 1. The van der Waals surface area contributed by atoms with Crippen molar-refractivity contribution in [1.29, 1.82) is 0 Å². The molecule has 3 aliphatic rings. The number of pyridine rings is 1. The van der Waals surface area contributed by atoms with Gasteiger partial charge in [-0.25, -0.2) is 4.98 Å². The molecule has 0 radical (unpaired) electrons. The molecule has 1 saturated carbocycles. The summed E-state index contributed by atoms with van der Waals surface area (Å²) in [7, 11) is 0. The third kappa shape index (κ3) is 3.78. The molecule has 2 saturated heterocycles. The Kier molecular flexibility index (Phi) is 4.81. The lowest BCUT2D eigenvalue weighted by atomic mass is 9.83. The van der Waals surface area contributed by atoms with Crippen LogP contribution in [0.15, 0.2) is 36.4 Å². The van der Waals surface area contributed by atoms with E-state index in [9.17, 15) is 4.79 Å². The van der Waals surface area contributed by atoms with Crippen molar-refractivity contribution < 1.29 is 14.3 Å². The zero-order valence-electron chi connectivity index (χ0n) is 16.3. The summed E-state index contributed by atoms with van der Waals surface area (Å²) in [6.45, 7) is 3.14. The van der Waals surface area contributed by atoms with E-state index in [2.05, 4.69) is 4.98 Å². The van der Waals surface area contributed by atoms with Crippen molar-refractivity contribution >= 4 is 16.8 Å². The van der Waals surface area contributed by atoms with Gasteiger partial charge in [0.15, 0.2) is 0 Å². The summed E-state index contributed by atoms with van der Waals surface area (Å²) in [5, 5.41) is 1.06. The highest BCUT2D eigenvalue weighted by Gasteiger charge is 2.42. The van der Waals surface area contributed by atoms with Gasteiger partial charge in [0.05, 0.1) is 17.2 Å². The minimum absolute atomic E-state index is 0.0259. The number of piperidine rings is 1. The molecule has 2 aliphatic heterocycles. The number of fused-ring (bicyclic) bond motifs is 1. The van der Waals surface area contributed by atoms with Gasteiger partial charge in [0.2, 0.25) is 0 Å². The zero-order valence-corrected chi connectivity index (χ0v) is 16.3. The van der Waals surface area contributed by atoms with E-state index in [1.165, 1.54) is 12.8 Å². The van der Waals surface area contributed by atoms with E-state index in [1.54, 1.807) is 0 Å². The molecule has 0 bridgehead atoms. The Balaban J connectivity index is 1.21. The van der Waals surface area contributed by atoms with Crippen molar-refractivity contribution in [2.24, 2.45) is 5.92 Å². The van der Waals surface area contributed by atoms with Crippen molar-refractivity contribution in [2.45, 2.75) is 50.2 Å². The van der Waals surface area contributed by atoms with Gasteiger partial charge in [-0.15, -0.1) is 0 Å². The minimum atomic E-state index is -0.111. The fraction of sp³-hybridized carbons (Fsp3) is 0.565. The number of ether oxygens (including phenoxy) is 2. The van der Waals surface area contributed by atoms with Crippen molar-refractivity contribution in [2.75, 3.05) is 26.3 Å². The lowest BCUT2D eigenvalue weighted by molar-refractivity contribution is -0.153. The van der Waals surface area contributed by atoms with Gasteiger partial charge in [-0.1, -0.05) is 24.3 Å². The van der Waals surface area contributed by atoms with Crippen LogP contribution in [0.5, 0.6) is 0 Å². The smallest absolute Gasteiger partial charge is 0.272 e. The predicted octanol–water partition coefficient (Wildman–Crippen LogP) is 3.82. The average molecular weight is 380 g/mol. The molecule has 2 aromatic rings. The average Bonchev–Trinajstić information content (AvgIpc) is 3.57. The number of hydrogen-bond acceptors (Lipinski definition) is 4. The molecule has 1 amide bonds. The number of para-hydroxylation sites is 1. The van der Waals surface area contributed by atoms with E-state index < -0.39 is 0 Å². The third-order valence-corrected chi connectivity index (χ3v) is 6.49. The van der Waals surface area contributed by atoms with Crippen LogP contribution in [0.25, 0.3) is 10.9 Å². The Bertz CT molecular complexity index is 856. The number of hydrogen-bond donors (Lipinski definition) is 0. The number of rotatable bonds is 4. The summed E-state index contributed by atoms with van der Waals surface area (Å²) < 4.78 is 12.4. The summed E-state index contributed by atoms with van der Waals surface area (Å²) in [5.41, 5.74) is 1.29. The van der Waals surface area contributed by atoms with Gasteiger partial charge in [0, 0.05) is 38.1 Å². The first-order chi connectivity index (χ1) is 13.7. The van der Waals surface area contributed by atoms with Gasteiger partial charge in [-0.3, -0.25) is 4.79 Å². The Morgan fingerprint density at radius 1 is 1.14 bits per heavy atom. The van der Waals surface area contributed by atoms with Gasteiger partial charge in [0.1, 0.15) is 5.69 Å². The van der Waals surface area contributed by atoms with Crippen molar-refractivity contribution in [3.63, 3.8) is 0 Å². The molecule has 0 N–H and O–H groups in total. The van der Waals surface area contributed by atoms with Crippen molar-refractivity contribution in [1.82, 2.24) is 9.88 Å². The fourth-order valence-electron chi connectivity index (χ4n) is 4.49. The first-order valence-corrected chi connectivity index (χ1v) is 10.6. The third-order valence-electron chi connectivity index (χ3n) is 6.49. The summed E-state index contributed by atoms with van der Waals surface area (Å²) >= 11 is 0. The highest BCUT2D eigenvalue weighted by molar-refractivity contribution is 5.95. The Labute approximate surface area is 166 Å². The van der Waals surface area contributed by atoms with Crippen molar-refractivity contribution in [3.05, 3.63) is 42.1 Å². The number of carbonyl (C=O) groups excluding carboxylic acids is 1. The quantitative estimate of drug-likeness (QED) is 0.809. The molecule has 1 aliphatic carbocycles. The van der Waals surface area contributed by atoms with Gasteiger partial charge in [-0.05, 0) is 50.2 Å². The number of nitrogens with zero attached hydrogens (tertiary/aromatic N) is 2. The standard InChI is InChI=1S/C23H28N2O3/c26-22(21-8-7-18-3-1-2-4-20(18)24-21)25-12-10-23(11-13-25)15-19(9-14-28-23)27-16-17-5-6-17/h1-4,7-8,17,19H,5-6,9-16H2. The summed E-state index contributed by atoms with van der Waals surface area (Å²) in [6, 6.07) is 11.7. The molecule has 1 spiro atoms. The molecule has 1 aromatic heterocycles. The van der Waals surface area contributed by atoms with Crippen molar-refractivity contribution in [3.8, 4) is 0 Å². The Morgan fingerprint density at radius 3 is 2.79 bits per heavy atom. The van der Waals surface area contributed by atoms with E-state index in [0.29, 0.717) is 11.8 Å². The number of benzene rings is 1. The van der Waals surface area contributed by atoms with Crippen LogP contribution in [0.2, 0.25) is 0 Å². The summed E-state index contributed by atoms with van der Waals surface area (Å²) in [5.74, 6) is 0.825. The van der Waals surface area contributed by atoms with E-state index in [0.717, 1.165) is 68.8 Å². The van der Waals surface area contributed by atoms with Crippen LogP contribution in [0.1, 0.15) is 49.0 Å². The van der Waals surface area contributed by atoms with E-state index >= 15 is 0 Å². The van der Waals surface area contributed by atoms with Gasteiger partial charge >= 0.3 is 0 Å². The molecule has 1 unspecified atom stereocenters. The predicted molar refractivity (Wildman–Crippen MR) is 107 cm³/mol. The topological polar surface area (TPSA) is 51.7 Å². The molecule has 1 atom stereocenters. The summed E-state index contributed by atoms with van der Waals surface area (Å²) in [6.07, 6.45) is 6.71. The molecular weight excluding hydrogens is 352 g/mol. The van der Waals surface area contributed by atoms with E-state index in [4.69, 9.17) is 9.47 Å². The first-order valence-electron chi connectivity index (χ1n) is 10.6. The largest absolute Gasteiger partial charge is 0.378 e. The van der Waals surface area contributed by atoms with E-state index in [1.807, 2.05) is 41.3 Å². The fourth-order valence-corrected chi connectivity index (χ4v) is 4.49. The highest BCUT2D eigenvalue weighted by atomic mass is 16.5. The highest BCUT2D eigenvalue weighted by Crippen LogP contribution is 2.37. The van der Waals surface area contributed by atoms with Crippen LogP contribution in [-0.2, 0) is 9.47 Å². The first kappa shape index (κ1) is 18.1. The molecule has 3 fully saturated rings. The van der Waals surface area contributed by atoms with Crippen LogP contribution in [0, 0.1) is 5.92 Å². The second kappa shape index (κ2) is 7.45. The maximum Gasteiger partial charge on any atom is 0.272 e. The zero-order chi connectivity index (χ0) is 19.0. The Morgan fingerprint density at radius 2 is 1.96 bits per heavy atom. The van der Waals surface area contributed by atoms with Crippen LogP contribution in [-0.4, -0.2) is 53.8 Å². The van der Waals surface area contributed by atoms with E-state index in [-0.39, 0.29) is 11.5 Å². The van der Waals surface area contributed by atoms with Gasteiger partial charge in [0.25, 0.3) is 5.91 Å². The number of carbonyl (C=O) groups is 1. The van der Waals surface area contributed by atoms with Crippen LogP contribution in [0.4, 0.5) is 0 Å². The van der Waals surface area contributed by atoms with Crippen LogP contribution < -0.4 is 0 Å². The lowest BCUT2D eigenvalue weighted by Gasteiger charge is -2.46. The molecule has 148 valence electrons. The maximum absolute atomic E-state index is 13.0. The van der Waals surface area contributed by atoms with Gasteiger partial charge < -0.3 is 14.4 Å². The Hall–Kier alpha value is -1.98. The lowest BCUT2D eigenvalue weighted by Crippen LogP contribution is -2.52. The molecule has 5 nitrogen and oxygen atoms in total. The molecule has 5 rings (SSSR count). The SMILES string of the molecule is O=C(c1ccc2ccccc2n1)N1CCC2(CC1)CC(OCC1CC1)CCO2. The van der Waals surface area contributed by atoms with Gasteiger partial charge in [-0.2, -0.15) is 0 Å². The molecule has 3 heterocycles. The summed E-state index contributed by atoms with van der Waals surface area (Å²) in [4.78, 5) is 19.5. The maximum atomic E-state index is 13.0. The van der Waals surface area contributed by atoms with Crippen LogP contribution in [0.3, 0.4) is 0 Å². The molecule has 28 heavy (non-hydrogen) atoms.